The zero-order valence-corrected chi connectivity index (χ0v) is 14.8. The van der Waals surface area contributed by atoms with E-state index in [1.54, 1.807) is 56.6 Å². The molecule has 0 atom stereocenters. The molecule has 2 aromatic carbocycles. The number of rotatable bonds is 5. The Bertz CT molecular complexity index is 746. The summed E-state index contributed by atoms with van der Waals surface area (Å²) in [5.41, 5.74) is 1.78. The van der Waals surface area contributed by atoms with Crippen LogP contribution in [0.4, 0.5) is 11.4 Å². The van der Waals surface area contributed by atoms with Gasteiger partial charge in [0.1, 0.15) is 0 Å². The van der Waals surface area contributed by atoms with Gasteiger partial charge in [0.05, 0.1) is 22.3 Å². The molecule has 24 heavy (non-hydrogen) atoms. The maximum Gasteiger partial charge on any atom is 0.253 e. The first kappa shape index (κ1) is 18.1. The Labute approximate surface area is 150 Å². The van der Waals surface area contributed by atoms with Gasteiger partial charge >= 0.3 is 0 Å². The molecule has 2 N–H and O–H groups in total. The van der Waals surface area contributed by atoms with E-state index in [4.69, 9.17) is 23.2 Å². The number of hydrogen-bond acceptors (Lipinski definition) is 3. The number of carbonyl (C=O) groups is 2. The van der Waals surface area contributed by atoms with Crippen LogP contribution in [0.3, 0.4) is 0 Å². The fraction of sp³-hybridized carbons (Fsp3) is 0.176. The van der Waals surface area contributed by atoms with Crippen LogP contribution in [0.1, 0.15) is 10.4 Å². The van der Waals surface area contributed by atoms with E-state index in [0.717, 1.165) is 5.69 Å². The molecule has 0 heterocycles. The van der Waals surface area contributed by atoms with Crippen molar-refractivity contribution in [1.29, 1.82) is 0 Å². The van der Waals surface area contributed by atoms with Crippen LogP contribution in [0.2, 0.25) is 10.0 Å². The van der Waals surface area contributed by atoms with E-state index < -0.39 is 0 Å². The molecule has 2 rings (SSSR count). The van der Waals surface area contributed by atoms with Gasteiger partial charge in [0, 0.05) is 25.3 Å². The summed E-state index contributed by atoms with van der Waals surface area (Å²) in [5, 5.41) is 6.35. The highest BCUT2D eigenvalue weighted by Gasteiger charge is 2.09. The molecule has 126 valence electrons. The van der Waals surface area contributed by atoms with Gasteiger partial charge in [-0.25, -0.2) is 0 Å². The highest BCUT2D eigenvalue weighted by molar-refractivity contribution is 6.44. The number of amides is 2. The van der Waals surface area contributed by atoms with Crippen LogP contribution in [0.25, 0.3) is 0 Å². The lowest BCUT2D eigenvalue weighted by atomic mass is 10.2. The number of nitrogens with one attached hydrogen (secondary N) is 2. The zero-order chi connectivity index (χ0) is 17.7. The molecule has 2 amide bonds. The summed E-state index contributed by atoms with van der Waals surface area (Å²) in [6, 6.07) is 11.9. The van der Waals surface area contributed by atoms with Crippen LogP contribution in [0.15, 0.2) is 42.5 Å². The Morgan fingerprint density at radius 1 is 1.04 bits per heavy atom. The maximum atomic E-state index is 12.0. The van der Waals surface area contributed by atoms with Crippen molar-refractivity contribution < 1.29 is 9.59 Å². The molecule has 5 nitrogen and oxygen atoms in total. The van der Waals surface area contributed by atoms with E-state index in [-0.39, 0.29) is 18.4 Å². The lowest BCUT2D eigenvalue weighted by Gasteiger charge is -2.12. The molecule has 0 aliphatic carbocycles. The lowest BCUT2D eigenvalue weighted by molar-refractivity contribution is -0.114. The molecular weight excluding hydrogens is 349 g/mol. The van der Waals surface area contributed by atoms with Crippen molar-refractivity contribution in [3.8, 4) is 0 Å². The largest absolute Gasteiger partial charge is 0.376 e. The average molecular weight is 366 g/mol. The number of hydrogen-bond donors (Lipinski definition) is 2. The van der Waals surface area contributed by atoms with Crippen LogP contribution in [0.5, 0.6) is 0 Å². The van der Waals surface area contributed by atoms with E-state index in [1.807, 2.05) is 0 Å². The summed E-state index contributed by atoms with van der Waals surface area (Å²) in [4.78, 5) is 25.3. The minimum atomic E-state index is -0.257. The van der Waals surface area contributed by atoms with Gasteiger partial charge in [0.15, 0.2) is 0 Å². The van der Waals surface area contributed by atoms with Crippen LogP contribution in [0, 0.1) is 0 Å². The molecule has 0 saturated carbocycles. The van der Waals surface area contributed by atoms with Crippen molar-refractivity contribution in [3.63, 3.8) is 0 Å². The quantitative estimate of drug-likeness (QED) is 0.847. The number of anilines is 2. The van der Waals surface area contributed by atoms with Gasteiger partial charge in [0.2, 0.25) is 5.91 Å². The average Bonchev–Trinajstić information content (AvgIpc) is 2.57. The first-order valence-corrected chi connectivity index (χ1v) is 7.93. The van der Waals surface area contributed by atoms with Gasteiger partial charge in [-0.05, 0) is 36.4 Å². The van der Waals surface area contributed by atoms with E-state index in [1.165, 1.54) is 4.90 Å². The van der Waals surface area contributed by atoms with E-state index in [9.17, 15) is 9.59 Å². The highest BCUT2D eigenvalue weighted by Crippen LogP contribution is 2.29. The number of carbonyl (C=O) groups excluding carboxylic acids is 2. The molecule has 0 aliphatic rings. The highest BCUT2D eigenvalue weighted by atomic mass is 35.5. The molecule has 7 heteroatoms. The van der Waals surface area contributed by atoms with E-state index in [2.05, 4.69) is 10.6 Å². The molecule has 2 aromatic rings. The third-order valence-electron chi connectivity index (χ3n) is 3.22. The lowest BCUT2D eigenvalue weighted by Crippen LogP contribution is -2.22. The van der Waals surface area contributed by atoms with Gasteiger partial charge in [-0.3, -0.25) is 9.59 Å². The number of halogens is 2. The molecule has 0 bridgehead atoms. The van der Waals surface area contributed by atoms with Gasteiger partial charge in [-0.2, -0.15) is 0 Å². The number of nitrogens with zero attached hydrogens (tertiary/aromatic N) is 1. The molecule has 0 fully saturated rings. The monoisotopic (exact) mass is 365 g/mol. The molecule has 0 aliphatic heterocycles. The minimum absolute atomic E-state index is 0.0593. The van der Waals surface area contributed by atoms with Crippen LogP contribution >= 0.6 is 23.2 Å². The van der Waals surface area contributed by atoms with Crippen LogP contribution in [-0.4, -0.2) is 37.4 Å². The summed E-state index contributed by atoms with van der Waals surface area (Å²) in [6.45, 7) is 0.0593. The fourth-order valence-electron chi connectivity index (χ4n) is 1.97. The Kier molecular flexibility index (Phi) is 6.06. The Hall–Kier alpha value is -2.24. The second kappa shape index (κ2) is 8.04. The second-order valence-electron chi connectivity index (χ2n) is 5.28. The van der Waals surface area contributed by atoms with E-state index >= 15 is 0 Å². The zero-order valence-electron chi connectivity index (χ0n) is 13.3. The molecule has 0 unspecified atom stereocenters. The Morgan fingerprint density at radius 2 is 1.71 bits per heavy atom. The fourth-order valence-corrected chi connectivity index (χ4v) is 2.31. The predicted octanol–water partition coefficient (Wildman–Crippen LogP) is 3.75. The second-order valence-corrected chi connectivity index (χ2v) is 6.07. The summed E-state index contributed by atoms with van der Waals surface area (Å²) in [5.74, 6) is -0.331. The molecule has 0 saturated heterocycles. The first-order valence-electron chi connectivity index (χ1n) is 7.18. The molecule has 0 radical (unpaired) electrons. The van der Waals surface area contributed by atoms with E-state index in [0.29, 0.717) is 21.3 Å². The third kappa shape index (κ3) is 4.63. The van der Waals surface area contributed by atoms with Crippen LogP contribution in [-0.2, 0) is 4.79 Å². The Morgan fingerprint density at radius 3 is 2.33 bits per heavy atom. The predicted molar refractivity (Wildman–Crippen MR) is 98.0 cm³/mol. The summed E-state index contributed by atoms with van der Waals surface area (Å²) >= 11 is 11.9. The molecule has 0 spiro atoms. The van der Waals surface area contributed by atoms with Crippen molar-refractivity contribution >= 4 is 46.4 Å². The van der Waals surface area contributed by atoms with Gasteiger partial charge in [-0.15, -0.1) is 0 Å². The Balaban J connectivity index is 1.92. The molecule has 0 aromatic heterocycles. The standard InChI is InChI=1S/C17H17Cl2N3O2/c1-22(2)17(24)11-6-8-12(9-7-11)20-10-15(23)21-14-5-3-4-13(18)16(14)19/h3-9,20H,10H2,1-2H3,(H,21,23). The van der Waals surface area contributed by atoms with Crippen molar-refractivity contribution in [1.82, 2.24) is 4.90 Å². The number of benzene rings is 2. The van der Waals surface area contributed by atoms with Crippen molar-refractivity contribution in [2.45, 2.75) is 0 Å². The summed E-state index contributed by atoms with van der Waals surface area (Å²) in [6.07, 6.45) is 0. The minimum Gasteiger partial charge on any atom is -0.376 e. The van der Waals surface area contributed by atoms with Crippen LogP contribution < -0.4 is 10.6 Å². The smallest absolute Gasteiger partial charge is 0.253 e. The van der Waals surface area contributed by atoms with Crippen molar-refractivity contribution in [3.05, 3.63) is 58.1 Å². The molecular formula is C17H17Cl2N3O2. The van der Waals surface area contributed by atoms with Crippen molar-refractivity contribution in [2.24, 2.45) is 0 Å². The third-order valence-corrected chi connectivity index (χ3v) is 4.04. The topological polar surface area (TPSA) is 61.4 Å². The van der Waals surface area contributed by atoms with Gasteiger partial charge < -0.3 is 15.5 Å². The normalized spacial score (nSPS) is 10.2. The summed E-state index contributed by atoms with van der Waals surface area (Å²) < 4.78 is 0. The summed E-state index contributed by atoms with van der Waals surface area (Å²) in [7, 11) is 3.39. The first-order chi connectivity index (χ1) is 11.4. The van der Waals surface area contributed by atoms with Gasteiger partial charge in [0.25, 0.3) is 5.91 Å². The maximum absolute atomic E-state index is 12.0. The SMILES string of the molecule is CN(C)C(=O)c1ccc(NCC(=O)Nc2cccc(Cl)c2Cl)cc1. The van der Waals surface area contributed by atoms with Gasteiger partial charge in [-0.1, -0.05) is 29.3 Å². The van der Waals surface area contributed by atoms with Crippen molar-refractivity contribution in [2.75, 3.05) is 31.3 Å².